The van der Waals surface area contributed by atoms with Gasteiger partial charge >= 0.3 is 11.6 Å². The quantitative estimate of drug-likeness (QED) is 0.274. The number of ether oxygens (including phenoxy) is 2. The van der Waals surface area contributed by atoms with Crippen molar-refractivity contribution in [3.8, 4) is 0 Å². The first-order valence-electron chi connectivity index (χ1n) is 6.17. The van der Waals surface area contributed by atoms with E-state index in [0.717, 1.165) is 0 Å². The van der Waals surface area contributed by atoms with Crippen LogP contribution in [0.15, 0.2) is 60.7 Å². The maximum absolute atomic E-state index is 11.3. The predicted octanol–water partition coefficient (Wildman–Crippen LogP) is 1.83. The highest BCUT2D eigenvalue weighted by Gasteiger charge is 2.48. The topological polar surface area (TPSA) is 52.8 Å². The van der Waals surface area contributed by atoms with Gasteiger partial charge in [-0.15, -0.1) is 0 Å². The van der Waals surface area contributed by atoms with E-state index in [4.69, 9.17) is 9.47 Å². The second-order valence-corrected chi connectivity index (χ2v) is 4.17. The second-order valence-electron chi connectivity index (χ2n) is 4.17. The third kappa shape index (κ3) is 2.43. The van der Waals surface area contributed by atoms with Crippen molar-refractivity contribution in [2.75, 3.05) is 14.2 Å². The number of carbonyl (C=O) groups excluding carboxylic acids is 1. The predicted molar refractivity (Wildman–Crippen MR) is 72.9 cm³/mol. The highest BCUT2D eigenvalue weighted by atomic mass is 17.1. The first kappa shape index (κ1) is 14.2. The van der Waals surface area contributed by atoms with Gasteiger partial charge in [0.1, 0.15) is 0 Å². The Kier molecular flexibility index (Phi) is 4.50. The van der Waals surface area contributed by atoms with Crippen LogP contribution in [0.4, 0.5) is 0 Å². The monoisotopic (exact) mass is 272 g/mol. The fourth-order valence-electron chi connectivity index (χ4n) is 2.18. The molecule has 0 fully saturated rings. The van der Waals surface area contributed by atoms with Crippen LogP contribution in [-0.2, 0) is 15.3 Å². The van der Waals surface area contributed by atoms with E-state index in [9.17, 15) is 5.26 Å². The number of ketones is 1. The summed E-state index contributed by atoms with van der Waals surface area (Å²) < 4.78 is 15.3. The third-order valence-electron chi connectivity index (χ3n) is 3.15. The maximum atomic E-state index is 11.3. The van der Waals surface area contributed by atoms with Crippen LogP contribution in [0.5, 0.6) is 0 Å². The van der Waals surface area contributed by atoms with Crippen LogP contribution < -0.4 is 5.26 Å². The molecule has 0 saturated carbocycles. The van der Waals surface area contributed by atoms with Gasteiger partial charge < -0.3 is 14.7 Å². The molecule has 2 aromatic carbocycles. The van der Waals surface area contributed by atoms with Crippen LogP contribution in [0.2, 0.25) is 0 Å². The molecule has 4 heteroatoms. The van der Waals surface area contributed by atoms with Crippen molar-refractivity contribution in [3.63, 3.8) is 0 Å². The van der Waals surface area contributed by atoms with Crippen molar-refractivity contribution in [1.82, 2.24) is 0 Å². The molecule has 2 rings (SSSR count). The zero-order valence-corrected chi connectivity index (χ0v) is 11.4. The lowest BCUT2D eigenvalue weighted by Gasteiger charge is -2.26. The van der Waals surface area contributed by atoms with Crippen LogP contribution in [0.25, 0.3) is 0 Å². The van der Waals surface area contributed by atoms with Crippen molar-refractivity contribution < 1.29 is 19.3 Å². The molecule has 0 N–H and O–H groups in total. The molecule has 0 unspecified atom stereocenters. The Hall–Kier alpha value is -2.17. The number of benzene rings is 2. The highest BCUT2D eigenvalue weighted by molar-refractivity contribution is 6.02. The van der Waals surface area contributed by atoms with Gasteiger partial charge in [0.25, 0.3) is 0 Å². The van der Waals surface area contributed by atoms with Gasteiger partial charge in [-0.1, -0.05) is 48.5 Å². The molecule has 0 atom stereocenters. The largest absolute Gasteiger partial charge is 0.462 e. The van der Waals surface area contributed by atoms with Crippen LogP contribution in [0.1, 0.15) is 15.7 Å². The van der Waals surface area contributed by atoms with Gasteiger partial charge in [-0.05, 0) is 12.1 Å². The summed E-state index contributed by atoms with van der Waals surface area (Å²) in [6, 6.07) is 18.2. The van der Waals surface area contributed by atoms with Crippen LogP contribution in [0.3, 0.4) is 0 Å². The second kappa shape index (κ2) is 6.32. The van der Waals surface area contributed by atoms with E-state index in [-0.39, 0.29) is 5.78 Å². The zero-order valence-electron chi connectivity index (χ0n) is 11.4. The van der Waals surface area contributed by atoms with Crippen molar-refractivity contribution >= 4 is 5.78 Å². The Morgan fingerprint density at radius 2 is 1.40 bits per heavy atom. The lowest BCUT2D eigenvalue weighted by Crippen LogP contribution is -2.41. The number of hydrogen-bond donors (Lipinski definition) is 0. The van der Waals surface area contributed by atoms with E-state index in [0.29, 0.717) is 11.1 Å². The Labute approximate surface area is 117 Å². The molecule has 2 aromatic rings. The van der Waals surface area contributed by atoms with E-state index >= 15 is 0 Å². The van der Waals surface area contributed by atoms with Gasteiger partial charge in [-0.2, -0.15) is 4.58 Å². The fourth-order valence-corrected chi connectivity index (χ4v) is 2.18. The molecule has 104 valence electrons. The molecule has 0 aliphatic carbocycles. The summed E-state index contributed by atoms with van der Waals surface area (Å²) in [5.74, 6) is -1.31. The van der Waals surface area contributed by atoms with Crippen LogP contribution in [-0.4, -0.2) is 20.0 Å². The normalized spacial score (nSPS) is 12.4. The molecule has 0 spiro atoms. The van der Waals surface area contributed by atoms with Crippen LogP contribution in [0, 0.1) is 0 Å². The highest BCUT2D eigenvalue weighted by Crippen LogP contribution is 2.30. The molecule has 0 bridgehead atoms. The molecule has 20 heavy (non-hydrogen) atoms. The van der Waals surface area contributed by atoms with E-state index in [2.05, 4.69) is 4.58 Å². The van der Waals surface area contributed by atoms with Crippen molar-refractivity contribution in [2.24, 2.45) is 0 Å². The lowest BCUT2D eigenvalue weighted by atomic mass is 9.96. The summed E-state index contributed by atoms with van der Waals surface area (Å²) in [6.07, 6.45) is 0. The standard InChI is InChI=1S/C16H16O4/c1-18-16(19-2,14-11-7-4-8-12-14)15(20-17)13-9-5-3-6-10-13/h3-12H,1-2H3. The van der Waals surface area contributed by atoms with Gasteiger partial charge in [0.2, 0.25) is 0 Å². The molecule has 0 aliphatic heterocycles. The number of methoxy groups -OCH3 is 2. The Morgan fingerprint density at radius 3 is 1.85 bits per heavy atom. The van der Waals surface area contributed by atoms with Gasteiger partial charge in [0.15, 0.2) is 0 Å². The molecule has 0 amide bonds. The van der Waals surface area contributed by atoms with Crippen molar-refractivity contribution in [3.05, 3.63) is 71.8 Å². The van der Waals surface area contributed by atoms with E-state index < -0.39 is 5.79 Å². The minimum absolute atomic E-state index is 0.0642. The minimum atomic E-state index is -1.37. The molecule has 0 saturated heterocycles. The lowest BCUT2D eigenvalue weighted by molar-refractivity contribution is -0.939. The first-order chi connectivity index (χ1) is 9.78. The van der Waals surface area contributed by atoms with Gasteiger partial charge in [-0.25, -0.2) is 0 Å². The van der Waals surface area contributed by atoms with Crippen molar-refractivity contribution in [1.29, 1.82) is 0 Å². The van der Waals surface area contributed by atoms with Gasteiger partial charge in [0.05, 0.1) is 5.56 Å². The summed E-state index contributed by atoms with van der Waals surface area (Å²) in [5.41, 5.74) is 1.29. The molecule has 0 radical (unpaired) electrons. The minimum Gasteiger partial charge on any atom is -0.462 e. The molecular formula is C16H16O4. The summed E-state index contributed by atoms with van der Waals surface area (Å²) in [4.78, 5) is 0. The Bertz CT molecular complexity index is 560. The maximum Gasteiger partial charge on any atom is 0.423 e. The average molecular weight is 272 g/mol. The van der Waals surface area contributed by atoms with E-state index in [1.54, 1.807) is 12.1 Å². The summed E-state index contributed by atoms with van der Waals surface area (Å²) in [6.45, 7) is 0. The third-order valence-corrected chi connectivity index (χ3v) is 3.15. The SMILES string of the molecule is COC(OC)(C(=[O+][O-])c1ccccc1)c1ccccc1. The zero-order chi connectivity index (χ0) is 14.4. The van der Waals surface area contributed by atoms with Gasteiger partial charge in [-0.3, -0.25) is 0 Å². The molecule has 0 heterocycles. The summed E-state index contributed by atoms with van der Waals surface area (Å²) in [5, 5.41) is 11.3. The van der Waals surface area contributed by atoms with Crippen molar-refractivity contribution in [2.45, 2.75) is 5.79 Å². The summed E-state index contributed by atoms with van der Waals surface area (Å²) >= 11 is 0. The fraction of sp³-hybridized carbons (Fsp3) is 0.188. The van der Waals surface area contributed by atoms with E-state index in [1.165, 1.54) is 14.2 Å². The van der Waals surface area contributed by atoms with Gasteiger partial charge in [0, 0.05) is 19.8 Å². The average Bonchev–Trinajstić information content (AvgIpc) is 2.54. The molecule has 0 aromatic heterocycles. The number of rotatable bonds is 5. The van der Waals surface area contributed by atoms with Crippen LogP contribution >= 0.6 is 0 Å². The molecule has 4 nitrogen and oxygen atoms in total. The number of hydrogen-bond acceptors (Lipinski definition) is 3. The molecular weight excluding hydrogens is 256 g/mol. The Balaban J connectivity index is 2.58. The Morgan fingerprint density at radius 1 is 0.900 bits per heavy atom. The molecule has 0 aliphatic rings. The first-order valence-corrected chi connectivity index (χ1v) is 6.17. The smallest absolute Gasteiger partial charge is 0.423 e. The van der Waals surface area contributed by atoms with E-state index in [1.807, 2.05) is 48.5 Å². The summed E-state index contributed by atoms with van der Waals surface area (Å²) in [7, 11) is 2.94.